The van der Waals surface area contributed by atoms with Gasteiger partial charge < -0.3 is 8.98 Å². The van der Waals surface area contributed by atoms with E-state index in [1.54, 1.807) is 12.5 Å². The highest BCUT2D eigenvalue weighted by Gasteiger charge is 2.12. The number of fused-ring (bicyclic) bond motifs is 3. The molecular weight excluding hydrogens is 304 g/mol. The Morgan fingerprint density at radius 2 is 2.00 bits per heavy atom. The number of aromatic nitrogens is 2. The molecule has 0 saturated heterocycles. The number of hydrogen-bond donors (Lipinski definition) is 0. The maximum Gasteiger partial charge on any atom is 0.159 e. The first-order valence-electron chi connectivity index (χ1n) is 5.92. The lowest BCUT2D eigenvalue weighted by Crippen LogP contribution is -1.90. The molecule has 0 radical (unpaired) electrons. The maximum absolute atomic E-state index is 5.99. The molecule has 0 aliphatic heterocycles. The van der Waals surface area contributed by atoms with Crippen molar-refractivity contribution in [1.82, 2.24) is 9.55 Å². The number of para-hydroxylation sites is 1. The summed E-state index contributed by atoms with van der Waals surface area (Å²) >= 11 is 3.56. The second kappa shape index (κ2) is 3.96. The van der Waals surface area contributed by atoms with Crippen molar-refractivity contribution >= 4 is 37.9 Å². The van der Waals surface area contributed by atoms with Gasteiger partial charge in [0.1, 0.15) is 5.58 Å². The van der Waals surface area contributed by atoms with Crippen LogP contribution in [-0.2, 0) is 0 Å². The van der Waals surface area contributed by atoms with Gasteiger partial charge in [-0.1, -0.05) is 34.1 Å². The highest BCUT2D eigenvalue weighted by molar-refractivity contribution is 9.10. The van der Waals surface area contributed by atoms with Crippen molar-refractivity contribution in [2.24, 2.45) is 0 Å². The molecular formula is C15H9BrN2O. The lowest BCUT2D eigenvalue weighted by molar-refractivity contribution is 0.665. The van der Waals surface area contributed by atoms with Gasteiger partial charge in [0, 0.05) is 27.6 Å². The largest absolute Gasteiger partial charge is 0.454 e. The van der Waals surface area contributed by atoms with Crippen molar-refractivity contribution in [2.45, 2.75) is 0 Å². The van der Waals surface area contributed by atoms with E-state index in [0.717, 1.165) is 32.1 Å². The summed E-state index contributed by atoms with van der Waals surface area (Å²) < 4.78 is 8.97. The van der Waals surface area contributed by atoms with Crippen LogP contribution in [0.1, 0.15) is 0 Å². The minimum Gasteiger partial charge on any atom is -0.454 e. The van der Waals surface area contributed by atoms with E-state index in [2.05, 4.69) is 33.0 Å². The summed E-state index contributed by atoms with van der Waals surface area (Å²) in [5.41, 5.74) is 2.76. The molecule has 0 atom stereocenters. The van der Waals surface area contributed by atoms with Gasteiger partial charge in [-0.3, -0.25) is 0 Å². The first kappa shape index (κ1) is 10.8. The molecule has 0 bridgehead atoms. The van der Waals surface area contributed by atoms with Crippen LogP contribution in [0.5, 0.6) is 0 Å². The Bertz CT molecular complexity index is 878. The molecule has 0 spiro atoms. The van der Waals surface area contributed by atoms with Gasteiger partial charge in [0.25, 0.3) is 0 Å². The zero-order chi connectivity index (χ0) is 12.8. The van der Waals surface area contributed by atoms with Crippen LogP contribution in [0.25, 0.3) is 27.6 Å². The topological polar surface area (TPSA) is 31.0 Å². The molecule has 4 heteroatoms. The number of nitrogens with zero attached hydrogens (tertiary/aromatic N) is 2. The summed E-state index contributed by atoms with van der Waals surface area (Å²) in [7, 11) is 0. The summed E-state index contributed by atoms with van der Waals surface area (Å²) in [4.78, 5) is 4.09. The standard InChI is InChI=1S/C15H9BrN2O/c16-10-7-12-11-3-1-2-4-14(11)19-15(12)13(8-10)18-6-5-17-9-18/h1-9H. The normalized spacial score (nSPS) is 11.4. The fourth-order valence-electron chi connectivity index (χ4n) is 2.37. The zero-order valence-corrected chi connectivity index (χ0v) is 11.5. The molecule has 2 heterocycles. The quantitative estimate of drug-likeness (QED) is 0.517. The van der Waals surface area contributed by atoms with Crippen LogP contribution in [0.3, 0.4) is 0 Å². The van der Waals surface area contributed by atoms with E-state index in [4.69, 9.17) is 4.42 Å². The van der Waals surface area contributed by atoms with Crippen molar-refractivity contribution in [1.29, 1.82) is 0 Å². The molecule has 0 aliphatic carbocycles. The van der Waals surface area contributed by atoms with E-state index in [0.29, 0.717) is 0 Å². The van der Waals surface area contributed by atoms with E-state index in [1.807, 2.05) is 35.0 Å². The summed E-state index contributed by atoms with van der Waals surface area (Å²) in [5.74, 6) is 0. The van der Waals surface area contributed by atoms with Crippen LogP contribution in [0, 0.1) is 0 Å². The summed E-state index contributed by atoms with van der Waals surface area (Å²) in [6.45, 7) is 0. The number of rotatable bonds is 1. The van der Waals surface area contributed by atoms with E-state index in [-0.39, 0.29) is 0 Å². The fourth-order valence-corrected chi connectivity index (χ4v) is 2.81. The van der Waals surface area contributed by atoms with Gasteiger partial charge in [0.15, 0.2) is 5.58 Å². The number of furan rings is 1. The Morgan fingerprint density at radius 1 is 1.11 bits per heavy atom. The predicted octanol–water partition coefficient (Wildman–Crippen LogP) is 4.53. The molecule has 0 aliphatic rings. The molecule has 92 valence electrons. The maximum atomic E-state index is 5.99. The molecule has 19 heavy (non-hydrogen) atoms. The SMILES string of the molecule is Brc1cc(-n2ccnc2)c2oc3ccccc3c2c1. The van der Waals surface area contributed by atoms with Gasteiger partial charge in [-0.2, -0.15) is 0 Å². The monoisotopic (exact) mass is 312 g/mol. The van der Waals surface area contributed by atoms with Gasteiger partial charge in [0.2, 0.25) is 0 Å². The third kappa shape index (κ3) is 1.60. The van der Waals surface area contributed by atoms with Crippen molar-refractivity contribution in [3.8, 4) is 5.69 Å². The van der Waals surface area contributed by atoms with Gasteiger partial charge in [0.05, 0.1) is 12.0 Å². The molecule has 2 aromatic heterocycles. The fraction of sp³-hybridized carbons (Fsp3) is 0. The Hall–Kier alpha value is -2.07. The van der Waals surface area contributed by atoms with Crippen LogP contribution in [0.2, 0.25) is 0 Å². The summed E-state index contributed by atoms with van der Waals surface area (Å²) in [6, 6.07) is 12.2. The average Bonchev–Trinajstić information content (AvgIpc) is 3.05. The van der Waals surface area contributed by atoms with E-state index >= 15 is 0 Å². The highest BCUT2D eigenvalue weighted by Crippen LogP contribution is 2.34. The number of halogens is 1. The Labute approximate surface area is 117 Å². The molecule has 4 rings (SSSR count). The van der Waals surface area contributed by atoms with E-state index in [9.17, 15) is 0 Å². The first-order valence-corrected chi connectivity index (χ1v) is 6.71. The predicted molar refractivity (Wildman–Crippen MR) is 78.5 cm³/mol. The molecule has 0 unspecified atom stereocenters. The Morgan fingerprint density at radius 3 is 2.84 bits per heavy atom. The number of hydrogen-bond acceptors (Lipinski definition) is 2. The molecule has 3 nitrogen and oxygen atoms in total. The summed E-state index contributed by atoms with van der Waals surface area (Å²) in [6.07, 6.45) is 5.44. The molecule has 4 aromatic rings. The second-order valence-corrected chi connectivity index (χ2v) is 5.29. The van der Waals surface area contributed by atoms with Crippen molar-refractivity contribution < 1.29 is 4.42 Å². The van der Waals surface area contributed by atoms with Crippen LogP contribution in [-0.4, -0.2) is 9.55 Å². The number of imidazole rings is 1. The third-order valence-corrected chi connectivity index (χ3v) is 3.66. The van der Waals surface area contributed by atoms with Crippen LogP contribution >= 0.6 is 15.9 Å². The third-order valence-electron chi connectivity index (χ3n) is 3.21. The number of benzene rings is 2. The molecule has 0 amide bonds. The Balaban J connectivity index is 2.19. The zero-order valence-electron chi connectivity index (χ0n) is 9.88. The molecule has 0 saturated carbocycles. The van der Waals surface area contributed by atoms with Crippen LogP contribution < -0.4 is 0 Å². The minimum atomic E-state index is 0.877. The molecule has 0 fully saturated rings. The van der Waals surface area contributed by atoms with Crippen LogP contribution in [0.4, 0.5) is 0 Å². The van der Waals surface area contributed by atoms with Gasteiger partial charge in [-0.05, 0) is 18.2 Å². The second-order valence-electron chi connectivity index (χ2n) is 4.37. The smallest absolute Gasteiger partial charge is 0.159 e. The van der Waals surface area contributed by atoms with Crippen molar-refractivity contribution in [3.05, 3.63) is 59.6 Å². The van der Waals surface area contributed by atoms with E-state index < -0.39 is 0 Å². The minimum absolute atomic E-state index is 0.877. The highest BCUT2D eigenvalue weighted by atomic mass is 79.9. The van der Waals surface area contributed by atoms with E-state index in [1.165, 1.54) is 0 Å². The lowest BCUT2D eigenvalue weighted by atomic mass is 10.1. The molecule has 0 N–H and O–H groups in total. The van der Waals surface area contributed by atoms with Crippen molar-refractivity contribution in [2.75, 3.05) is 0 Å². The van der Waals surface area contributed by atoms with Crippen LogP contribution in [0.15, 0.2) is 64.0 Å². The lowest BCUT2D eigenvalue weighted by Gasteiger charge is -2.03. The summed E-state index contributed by atoms with van der Waals surface area (Å²) in [5, 5.41) is 2.23. The van der Waals surface area contributed by atoms with Crippen molar-refractivity contribution in [3.63, 3.8) is 0 Å². The molecule has 2 aromatic carbocycles. The van der Waals surface area contributed by atoms with Gasteiger partial charge in [-0.15, -0.1) is 0 Å². The van der Waals surface area contributed by atoms with Gasteiger partial charge in [-0.25, -0.2) is 4.98 Å². The first-order chi connectivity index (χ1) is 9.33. The average molecular weight is 313 g/mol. The van der Waals surface area contributed by atoms with Gasteiger partial charge >= 0.3 is 0 Å². The Kier molecular flexibility index (Phi) is 2.26.